The minimum absolute atomic E-state index is 0. The first-order chi connectivity index (χ1) is 13.2. The molecule has 1 amide bonds. The van der Waals surface area contributed by atoms with Gasteiger partial charge in [0.2, 0.25) is 5.91 Å². The molecule has 29 heavy (non-hydrogen) atoms. The monoisotopic (exact) mass is 449 g/mol. The lowest BCUT2D eigenvalue weighted by Crippen LogP contribution is -2.52. The van der Waals surface area contributed by atoms with Crippen molar-refractivity contribution >= 4 is 30.7 Å². The fourth-order valence-corrected chi connectivity index (χ4v) is 6.35. The van der Waals surface area contributed by atoms with Gasteiger partial charge in [-0.3, -0.25) is 9.69 Å². The van der Waals surface area contributed by atoms with E-state index < -0.39 is 0 Å². The van der Waals surface area contributed by atoms with Crippen molar-refractivity contribution in [1.82, 2.24) is 10.2 Å². The average molecular weight is 450 g/mol. The molecule has 0 radical (unpaired) electrons. The Morgan fingerprint density at radius 1 is 1.00 bits per heavy atom. The van der Waals surface area contributed by atoms with Crippen LogP contribution < -0.4 is 11.1 Å². The van der Waals surface area contributed by atoms with Gasteiger partial charge < -0.3 is 15.8 Å². The molecule has 0 aromatic heterocycles. The van der Waals surface area contributed by atoms with Gasteiger partial charge in [-0.05, 0) is 50.4 Å². The van der Waals surface area contributed by atoms with Crippen molar-refractivity contribution in [2.24, 2.45) is 28.9 Å². The molecule has 0 aromatic rings. The number of fused-ring (bicyclic) bond motifs is 2. The van der Waals surface area contributed by atoms with Gasteiger partial charge in [0, 0.05) is 43.6 Å². The van der Waals surface area contributed by atoms with Crippen molar-refractivity contribution in [1.29, 1.82) is 0 Å². The number of rotatable bonds is 5. The zero-order valence-electron chi connectivity index (χ0n) is 17.8. The molecule has 2 atom stereocenters. The zero-order valence-corrected chi connectivity index (χ0v) is 19.4. The Morgan fingerprint density at radius 2 is 1.62 bits per heavy atom. The van der Waals surface area contributed by atoms with E-state index in [0.717, 1.165) is 52.2 Å². The predicted molar refractivity (Wildman–Crippen MR) is 122 cm³/mol. The molecule has 1 heterocycles. The summed E-state index contributed by atoms with van der Waals surface area (Å²) in [6.45, 7) is 5.78. The second-order valence-electron chi connectivity index (χ2n) is 9.86. The van der Waals surface area contributed by atoms with Crippen LogP contribution in [0, 0.1) is 23.2 Å². The van der Waals surface area contributed by atoms with E-state index in [9.17, 15) is 4.79 Å². The molecule has 1 saturated heterocycles. The minimum Gasteiger partial charge on any atom is -0.379 e. The highest BCUT2D eigenvalue weighted by Gasteiger charge is 2.41. The maximum atomic E-state index is 13.0. The van der Waals surface area contributed by atoms with E-state index in [4.69, 9.17) is 10.5 Å². The van der Waals surface area contributed by atoms with Crippen LogP contribution in [0.5, 0.6) is 0 Å². The minimum atomic E-state index is 0. The van der Waals surface area contributed by atoms with Crippen molar-refractivity contribution < 1.29 is 9.53 Å². The van der Waals surface area contributed by atoms with Crippen LogP contribution in [0.25, 0.3) is 0 Å². The first-order valence-corrected chi connectivity index (χ1v) is 11.5. The van der Waals surface area contributed by atoms with E-state index in [0.29, 0.717) is 23.8 Å². The average Bonchev–Trinajstić information content (AvgIpc) is 2.67. The first-order valence-electron chi connectivity index (χ1n) is 11.5. The Morgan fingerprint density at radius 3 is 2.24 bits per heavy atom. The molecule has 7 heteroatoms. The van der Waals surface area contributed by atoms with Crippen LogP contribution in [0.4, 0.5) is 0 Å². The molecule has 1 aliphatic heterocycles. The summed E-state index contributed by atoms with van der Waals surface area (Å²) in [6, 6.07) is 0.341. The number of hydrogen-bond donors (Lipinski definition) is 2. The second-order valence-corrected chi connectivity index (χ2v) is 9.86. The van der Waals surface area contributed by atoms with Crippen LogP contribution in [-0.2, 0) is 9.53 Å². The molecule has 4 aliphatic rings. The van der Waals surface area contributed by atoms with Gasteiger partial charge in [-0.1, -0.05) is 25.7 Å². The summed E-state index contributed by atoms with van der Waals surface area (Å²) >= 11 is 0. The molecule has 4 rings (SSSR count). The molecule has 170 valence electrons. The highest BCUT2D eigenvalue weighted by atomic mass is 35.5. The Kier molecular flexibility index (Phi) is 10.0. The van der Waals surface area contributed by atoms with Crippen LogP contribution in [0.15, 0.2) is 0 Å². The third-order valence-electron chi connectivity index (χ3n) is 8.00. The number of nitrogens with zero attached hydrogens (tertiary/aromatic N) is 1. The lowest BCUT2D eigenvalue weighted by molar-refractivity contribution is -0.128. The summed E-state index contributed by atoms with van der Waals surface area (Å²) in [5, 5.41) is 3.42. The van der Waals surface area contributed by atoms with E-state index in [2.05, 4.69) is 10.2 Å². The molecule has 5 nitrogen and oxygen atoms in total. The van der Waals surface area contributed by atoms with E-state index >= 15 is 0 Å². The number of nitrogens with one attached hydrogen (secondary N) is 1. The molecule has 0 aromatic carbocycles. The summed E-state index contributed by atoms with van der Waals surface area (Å²) in [5.74, 6) is 1.66. The van der Waals surface area contributed by atoms with Gasteiger partial charge in [-0.2, -0.15) is 0 Å². The van der Waals surface area contributed by atoms with Crippen molar-refractivity contribution in [3.63, 3.8) is 0 Å². The van der Waals surface area contributed by atoms with Gasteiger partial charge in [-0.25, -0.2) is 0 Å². The predicted octanol–water partition coefficient (Wildman–Crippen LogP) is 3.38. The summed E-state index contributed by atoms with van der Waals surface area (Å²) in [4.78, 5) is 15.6. The number of nitrogens with two attached hydrogens (primary N) is 1. The van der Waals surface area contributed by atoms with Crippen LogP contribution in [0.3, 0.4) is 0 Å². The molecule has 3 aliphatic carbocycles. The van der Waals surface area contributed by atoms with Gasteiger partial charge in [0.15, 0.2) is 0 Å². The van der Waals surface area contributed by atoms with Crippen molar-refractivity contribution in [2.75, 3.05) is 39.4 Å². The third kappa shape index (κ3) is 6.22. The quantitative estimate of drug-likeness (QED) is 0.674. The molecule has 0 spiro atoms. The molecule has 2 bridgehead atoms. The highest BCUT2D eigenvalue weighted by molar-refractivity contribution is 5.85. The standard InChI is InChI=1S/C22H39N3O2.2ClH/c23-20-17-5-4-6-18(20)14-19(13-17)21(26)24-15-22(7-2-1-3-8-22)16-25-9-11-27-12-10-25;;/h17-20H,1-16,23H2,(H,24,26);2*1H. The fraction of sp³-hybridized carbons (Fsp3) is 0.955. The first kappa shape index (κ1) is 25.2. The molecule has 3 saturated carbocycles. The maximum Gasteiger partial charge on any atom is 0.223 e. The number of hydrogen-bond acceptors (Lipinski definition) is 4. The summed E-state index contributed by atoms with van der Waals surface area (Å²) in [5.41, 5.74) is 6.69. The number of amides is 1. The van der Waals surface area contributed by atoms with Gasteiger partial charge in [0.1, 0.15) is 0 Å². The molecular formula is C22H41Cl2N3O2. The number of morpholine rings is 1. The Balaban J connectivity index is 0.00000150. The van der Waals surface area contributed by atoms with E-state index in [1.807, 2.05) is 0 Å². The lowest BCUT2D eigenvalue weighted by Gasteiger charge is -2.45. The number of carbonyl (C=O) groups excluding carboxylic acids is 1. The number of halogens is 2. The van der Waals surface area contributed by atoms with Gasteiger partial charge >= 0.3 is 0 Å². The molecule has 2 unspecified atom stereocenters. The maximum absolute atomic E-state index is 13.0. The number of carbonyl (C=O) groups is 1. The fourth-order valence-electron chi connectivity index (χ4n) is 6.35. The summed E-state index contributed by atoms with van der Waals surface area (Å²) in [6.07, 6.45) is 12.3. The summed E-state index contributed by atoms with van der Waals surface area (Å²) in [7, 11) is 0. The van der Waals surface area contributed by atoms with Gasteiger partial charge in [0.25, 0.3) is 0 Å². The summed E-state index contributed by atoms with van der Waals surface area (Å²) < 4.78 is 5.52. The van der Waals surface area contributed by atoms with Crippen LogP contribution in [0.1, 0.15) is 64.2 Å². The Bertz CT molecular complexity index is 496. The lowest BCUT2D eigenvalue weighted by atomic mass is 9.65. The van der Waals surface area contributed by atoms with Gasteiger partial charge in [-0.15, -0.1) is 24.8 Å². The topological polar surface area (TPSA) is 67.6 Å². The van der Waals surface area contributed by atoms with Crippen molar-refractivity contribution in [3.05, 3.63) is 0 Å². The van der Waals surface area contributed by atoms with Gasteiger partial charge in [0.05, 0.1) is 13.2 Å². The third-order valence-corrected chi connectivity index (χ3v) is 8.00. The van der Waals surface area contributed by atoms with Crippen LogP contribution in [-0.4, -0.2) is 56.2 Å². The zero-order chi connectivity index (χ0) is 18.7. The van der Waals surface area contributed by atoms with E-state index in [1.165, 1.54) is 51.4 Å². The largest absolute Gasteiger partial charge is 0.379 e. The normalized spacial score (nSPS) is 34.4. The molecule has 4 fully saturated rings. The number of ether oxygens (including phenoxy) is 1. The second kappa shape index (κ2) is 11.5. The van der Waals surface area contributed by atoms with E-state index in [-0.39, 0.29) is 36.1 Å². The van der Waals surface area contributed by atoms with E-state index in [1.54, 1.807) is 0 Å². The van der Waals surface area contributed by atoms with Crippen molar-refractivity contribution in [3.8, 4) is 0 Å². The smallest absolute Gasteiger partial charge is 0.223 e. The van der Waals surface area contributed by atoms with Crippen LogP contribution >= 0.6 is 24.8 Å². The van der Waals surface area contributed by atoms with Crippen molar-refractivity contribution in [2.45, 2.75) is 70.3 Å². The Hall–Kier alpha value is -0.0700. The highest BCUT2D eigenvalue weighted by Crippen LogP contribution is 2.42. The molecule has 3 N–H and O–H groups in total. The molecular weight excluding hydrogens is 409 g/mol. The SMILES string of the molecule is Cl.Cl.NC1C2CCCC1CC(C(=O)NCC1(CN3CCOCC3)CCCCC1)C2. The van der Waals surface area contributed by atoms with Crippen LogP contribution in [0.2, 0.25) is 0 Å². The Labute approximate surface area is 189 Å².